The van der Waals surface area contributed by atoms with Crippen LogP contribution in [0.2, 0.25) is 17.4 Å². The molecule has 12 nitrogen and oxygen atoms in total. The fraction of sp³-hybridized carbons (Fsp3) is 0.918. The number of hydrogen-bond acceptors (Lipinski definition) is 12. The predicted molar refractivity (Wildman–Crippen MR) is 324 cm³/mol. The normalized spacial score (nSPS) is 23.2. The zero-order chi connectivity index (χ0) is 57.4. The fourth-order valence-corrected chi connectivity index (χ4v) is 9.29. The molecular weight excluding hydrogens is 1020 g/mol. The number of ketones is 1. The van der Waals surface area contributed by atoms with E-state index < -0.39 is 5.60 Å². The standard InChI is InChI=1S/C11H20O2.C10H18O3.C9H14O3.C9H18O.C9H16O.2C4H8O.C2H7P.3CH3.2Al.Li.4H/c1-4-13-10(12)9-5-7-11(2,3)8-6-9;1-3-13-9(11)8-4-6-10(2,12)7-5-8;1-2-12-9(11)7-3-5-8(10)6-4-7;2*1-9(2)5-3-8(7-10)4-6-9;2*1-2-4-5-3-1;1-3-2;;;;;;;;;;/h9H,4-8H2,1-3H3;8,12H,3-7H2,1-2H3;7H,2-6H2,1H3;8,10H,3-7H2,1-2H3;7-8H,3-6H2,1-2H3;2*1-4H2;3H,1-2H3;3*1H3;;;;;;;/q;;;;;;;;;;;;;+1;;;;-1. The van der Waals surface area contributed by atoms with Gasteiger partial charge in [0.1, 0.15) is 12.1 Å². The van der Waals surface area contributed by atoms with Crippen molar-refractivity contribution in [1.29, 1.82) is 0 Å². The van der Waals surface area contributed by atoms with Crippen LogP contribution in [0.3, 0.4) is 0 Å². The number of esters is 3. The molecule has 7 rings (SSSR count). The van der Waals surface area contributed by atoms with Gasteiger partial charge in [-0.1, -0.05) is 41.5 Å². The summed E-state index contributed by atoms with van der Waals surface area (Å²) in [6, 6.07) is 0. The smallest absolute Gasteiger partial charge is 1.00 e. The summed E-state index contributed by atoms with van der Waals surface area (Å²) in [5, 5.41) is 18.5. The molecule has 0 atom stereocenters. The van der Waals surface area contributed by atoms with Gasteiger partial charge in [-0.15, -0.1) is 25.9 Å². The molecule has 2 N–H and O–H groups in total. The number of aliphatic hydroxyl groups is 2. The molecule has 450 valence electrons. The molecule has 0 spiro atoms. The van der Waals surface area contributed by atoms with E-state index in [1.807, 2.05) is 20.8 Å². The minimum absolute atomic E-state index is 0. The number of rotatable bonds is 8. The van der Waals surface area contributed by atoms with Crippen LogP contribution in [0.1, 0.15) is 225 Å². The quantitative estimate of drug-likeness (QED) is 0.0776. The second kappa shape index (κ2) is 49.1. The van der Waals surface area contributed by atoms with Gasteiger partial charge in [-0.05, 0) is 204 Å². The molecule has 0 aromatic heterocycles. The molecule has 7 aliphatic rings. The number of ether oxygens (including phenoxy) is 5. The van der Waals surface area contributed by atoms with Crippen LogP contribution in [0.5, 0.6) is 0 Å². The Bertz CT molecular complexity index is 1360. The van der Waals surface area contributed by atoms with Crippen molar-refractivity contribution < 1.29 is 78.2 Å². The van der Waals surface area contributed by atoms with E-state index in [1.54, 1.807) is 6.92 Å². The molecule has 2 aliphatic heterocycles. The molecular formula is C61H122Al2LiO12P. The van der Waals surface area contributed by atoms with Crippen LogP contribution in [0.4, 0.5) is 0 Å². The average Bonchev–Trinajstić information content (AvgIpc) is 4.15. The number of carbonyl (C=O) groups is 5. The minimum atomic E-state index is -0.566. The number of Topliss-reactive ketones (excluding diaryl/α,β-unsaturated/α-hetero) is 1. The molecule has 0 bridgehead atoms. The Balaban J connectivity index is -0.000000263. The van der Waals surface area contributed by atoms with E-state index in [1.165, 1.54) is 64.2 Å². The van der Waals surface area contributed by atoms with Gasteiger partial charge in [0.2, 0.25) is 0 Å². The van der Waals surface area contributed by atoms with E-state index in [9.17, 15) is 29.1 Å². The molecule has 2 heterocycles. The SMILES string of the molecule is C1CCOC1.C1CCOC1.CC1(C)CCC(C=O)CC1.CC1(C)CCC(CO)CC1.CCOC(=O)C1CCC(=O)CC1.CCOC(=O)C1CCC(C)(C)CC1.CCOC(=O)C1CCC(C)(O)CC1.CPC.[AlH3].[CH3][Al]([CH3])[CH3].[H-].[Li+]. The molecule has 0 aromatic carbocycles. The van der Waals surface area contributed by atoms with Crippen molar-refractivity contribution in [3.8, 4) is 0 Å². The molecule has 77 heavy (non-hydrogen) atoms. The second-order valence-electron chi connectivity index (χ2n) is 25.1. The summed E-state index contributed by atoms with van der Waals surface area (Å²) < 4.78 is 24.7. The predicted octanol–water partition coefficient (Wildman–Crippen LogP) is 9.98. The van der Waals surface area contributed by atoms with Crippen LogP contribution in [0.25, 0.3) is 0 Å². The topological polar surface area (TPSA) is 172 Å². The first-order valence-electron chi connectivity index (χ1n) is 29.8. The van der Waals surface area contributed by atoms with Crippen molar-refractivity contribution >= 4 is 70.1 Å². The van der Waals surface area contributed by atoms with E-state index in [0.717, 1.165) is 92.7 Å². The van der Waals surface area contributed by atoms with Crippen LogP contribution in [-0.4, -0.2) is 143 Å². The van der Waals surface area contributed by atoms with Crippen molar-refractivity contribution in [3.63, 3.8) is 0 Å². The molecule has 0 aromatic rings. The van der Waals surface area contributed by atoms with Gasteiger partial charge in [0.15, 0.2) is 17.4 Å². The fourth-order valence-electron chi connectivity index (χ4n) is 9.29. The molecule has 2 saturated heterocycles. The Kier molecular flexibility index (Phi) is 53.1. The maximum Gasteiger partial charge on any atom is 1.00 e. The maximum absolute atomic E-state index is 11.4. The van der Waals surface area contributed by atoms with Gasteiger partial charge >= 0.3 is 36.8 Å². The van der Waals surface area contributed by atoms with Gasteiger partial charge in [-0.2, -0.15) is 0 Å². The average molecular weight is 1140 g/mol. The van der Waals surface area contributed by atoms with Gasteiger partial charge in [-0.3, -0.25) is 19.2 Å². The van der Waals surface area contributed by atoms with Crippen molar-refractivity contribution in [2.24, 2.45) is 45.8 Å². The molecule has 5 saturated carbocycles. The number of hydrogen-bond donors (Lipinski definition) is 2. The summed E-state index contributed by atoms with van der Waals surface area (Å²) in [5.41, 5.74) is 0.914. The number of carbonyl (C=O) groups excluding carboxylic acids is 5. The third-order valence-electron chi connectivity index (χ3n) is 14.8. The van der Waals surface area contributed by atoms with Crippen molar-refractivity contribution in [2.75, 3.05) is 66.2 Å². The number of aldehydes is 1. The van der Waals surface area contributed by atoms with Crippen LogP contribution in [0, 0.1) is 45.8 Å². The Morgan fingerprint density at radius 3 is 1.12 bits per heavy atom. The Morgan fingerprint density at radius 2 is 0.857 bits per heavy atom. The van der Waals surface area contributed by atoms with Crippen LogP contribution < -0.4 is 18.9 Å². The van der Waals surface area contributed by atoms with Crippen LogP contribution in [0.15, 0.2) is 0 Å². The molecule has 16 heteroatoms. The van der Waals surface area contributed by atoms with Gasteiger partial charge in [0.25, 0.3) is 14.1 Å². The Morgan fingerprint density at radius 1 is 0.584 bits per heavy atom. The molecule has 0 radical (unpaired) electrons. The van der Waals surface area contributed by atoms with E-state index >= 15 is 0 Å². The van der Waals surface area contributed by atoms with Gasteiger partial charge in [0, 0.05) is 51.8 Å². The first-order chi connectivity index (χ1) is 35.3. The second-order valence-corrected chi connectivity index (χ2v) is 29.5. The van der Waals surface area contributed by atoms with E-state index in [2.05, 4.69) is 72.2 Å². The summed E-state index contributed by atoms with van der Waals surface area (Å²) in [4.78, 5) is 55.1. The van der Waals surface area contributed by atoms with E-state index in [4.69, 9.17) is 28.8 Å². The van der Waals surface area contributed by atoms with Crippen LogP contribution >= 0.6 is 8.58 Å². The van der Waals surface area contributed by atoms with Crippen molar-refractivity contribution in [3.05, 3.63) is 0 Å². The molecule has 7 fully saturated rings. The molecule has 0 amide bonds. The molecule has 0 unspecified atom stereocenters. The van der Waals surface area contributed by atoms with Crippen molar-refractivity contribution in [1.82, 2.24) is 0 Å². The van der Waals surface area contributed by atoms with E-state index in [0.29, 0.717) is 93.0 Å². The summed E-state index contributed by atoms with van der Waals surface area (Å²) in [6.07, 6.45) is 25.6. The monoisotopic (exact) mass is 1140 g/mol. The largest absolute Gasteiger partial charge is 1.00 e. The van der Waals surface area contributed by atoms with Crippen molar-refractivity contribution in [2.45, 2.75) is 246 Å². The Labute approximate surface area is 503 Å². The summed E-state index contributed by atoms with van der Waals surface area (Å²) in [6.45, 7) is 31.2. The minimum Gasteiger partial charge on any atom is -1.00 e. The first kappa shape index (κ1) is 83.1. The third kappa shape index (κ3) is 47.8. The zero-order valence-electron chi connectivity index (χ0n) is 53.1. The van der Waals surface area contributed by atoms with Gasteiger partial charge in [-0.25, -0.2) is 0 Å². The maximum atomic E-state index is 11.4. The number of aliphatic hydroxyl groups excluding tert-OH is 1. The third-order valence-corrected chi connectivity index (χ3v) is 14.8. The van der Waals surface area contributed by atoms with E-state index in [-0.39, 0.29) is 93.2 Å². The summed E-state index contributed by atoms with van der Waals surface area (Å²) in [7, 11) is 1.08. The van der Waals surface area contributed by atoms with Gasteiger partial charge < -0.3 is 40.1 Å². The molecule has 5 aliphatic carbocycles. The summed E-state index contributed by atoms with van der Waals surface area (Å²) >= 11 is -0.139. The first-order valence-corrected chi connectivity index (χ1v) is 35.3. The zero-order valence-corrected chi connectivity index (χ0v) is 54.3. The summed E-state index contributed by atoms with van der Waals surface area (Å²) in [5.74, 6) is 8.10. The Hall–Kier alpha value is -0.318. The van der Waals surface area contributed by atoms with Crippen LogP contribution in [-0.2, 0) is 47.7 Å². The van der Waals surface area contributed by atoms with Gasteiger partial charge in [0.05, 0.1) is 43.2 Å².